The first kappa shape index (κ1) is 56.7. The zero-order valence-electron chi connectivity index (χ0n) is 42.1. The average molecular weight is 932 g/mol. The molecule has 4 atom stereocenters. The van der Waals surface area contributed by atoms with Crippen molar-refractivity contribution in [1.82, 2.24) is 20.9 Å². The Kier molecular flexibility index (Phi) is 20.0. The summed E-state index contributed by atoms with van der Waals surface area (Å²) in [4.78, 5) is 97.5. The van der Waals surface area contributed by atoms with Crippen LogP contribution in [0.2, 0.25) is 0 Å². The number of benzene rings is 1. The highest BCUT2D eigenvalue weighted by atomic mass is 32.2. The Morgan fingerprint density at radius 3 is 2.02 bits per heavy atom. The van der Waals surface area contributed by atoms with E-state index in [1.807, 2.05) is 87.4 Å². The lowest BCUT2D eigenvalue weighted by Crippen LogP contribution is -2.60. The van der Waals surface area contributed by atoms with Crippen LogP contribution in [-0.2, 0) is 43.7 Å². The third kappa shape index (κ3) is 18.1. The molecule has 1 aliphatic heterocycles. The summed E-state index contributed by atoms with van der Waals surface area (Å²) in [5, 5.41) is 8.24. The second-order valence-corrected chi connectivity index (χ2v) is 23.9. The van der Waals surface area contributed by atoms with Crippen molar-refractivity contribution in [2.75, 3.05) is 18.0 Å². The molecule has 1 heterocycles. The van der Waals surface area contributed by atoms with E-state index in [2.05, 4.69) is 16.0 Å². The van der Waals surface area contributed by atoms with E-state index in [0.29, 0.717) is 30.5 Å². The smallest absolute Gasteiger partial charge is 0.407 e. The number of esters is 1. The molecule has 0 bridgehead atoms. The van der Waals surface area contributed by atoms with E-state index < -0.39 is 87.2 Å². The van der Waals surface area contributed by atoms with Crippen molar-refractivity contribution in [3.8, 4) is 0 Å². The molecule has 1 aliphatic rings. The highest BCUT2D eigenvalue weighted by Gasteiger charge is 2.57. The number of nitrogens with two attached hydrogens (primary N) is 2. The number of nitrogens with zero attached hydrogens (tertiary/aromatic N) is 2. The van der Waals surface area contributed by atoms with Gasteiger partial charge in [-0.1, -0.05) is 46.8 Å². The van der Waals surface area contributed by atoms with Gasteiger partial charge in [0.15, 0.2) is 0 Å². The standard InChI is InChI=1S/C48H81N7O9S/c1-29(2)25-33(49)42(61)55-39(47(13,14)65-48(55,15)16)41(60)52-28-37(57)54(35-26-31(44(4,5)6)21-20-30(35)3)32(22-23-38(58)63-45(7,8)9)27-36(56)53-34(40(50)59)19-17-18-24-51-43(62)64-46(10,11)12/h20-21,26,29,32-34,39H,17-19,22-25,27-28,49H2,1-16H3,(H2,50,59)(H,51,62)(H,52,60)(H,53,56)/t32-,33+,34+,39?/m0/s1. The van der Waals surface area contributed by atoms with Crippen LogP contribution < -0.4 is 32.3 Å². The van der Waals surface area contributed by atoms with Gasteiger partial charge in [0.2, 0.25) is 29.5 Å². The van der Waals surface area contributed by atoms with Crippen LogP contribution in [0.4, 0.5) is 10.5 Å². The van der Waals surface area contributed by atoms with Gasteiger partial charge in [-0.05, 0) is 137 Å². The largest absolute Gasteiger partial charge is 0.460 e. The number of amides is 6. The molecule has 16 nitrogen and oxygen atoms in total. The minimum Gasteiger partial charge on any atom is -0.460 e. The van der Waals surface area contributed by atoms with Crippen molar-refractivity contribution in [2.45, 2.75) is 206 Å². The molecule has 1 aromatic rings. The molecule has 368 valence electrons. The Hall–Kier alpha value is -4.38. The number of carbonyl (C=O) groups excluding carboxylic acids is 7. The highest BCUT2D eigenvalue weighted by molar-refractivity contribution is 8.02. The molecule has 0 aromatic heterocycles. The third-order valence-corrected chi connectivity index (χ3v) is 12.2. The van der Waals surface area contributed by atoms with E-state index >= 15 is 0 Å². The maximum absolute atomic E-state index is 14.9. The van der Waals surface area contributed by atoms with Gasteiger partial charge in [0.05, 0.1) is 17.5 Å². The number of thioether (sulfide) groups is 1. The molecule has 0 aliphatic carbocycles. The number of ether oxygens (including phenoxy) is 2. The molecule has 7 N–H and O–H groups in total. The summed E-state index contributed by atoms with van der Waals surface area (Å²) in [5.74, 6) is -3.23. The van der Waals surface area contributed by atoms with Crippen LogP contribution in [0.25, 0.3) is 0 Å². The first-order valence-electron chi connectivity index (χ1n) is 22.8. The first-order valence-corrected chi connectivity index (χ1v) is 23.6. The third-order valence-electron chi connectivity index (χ3n) is 10.7. The maximum Gasteiger partial charge on any atom is 0.407 e. The lowest BCUT2D eigenvalue weighted by atomic mass is 9.86. The summed E-state index contributed by atoms with van der Waals surface area (Å²) < 4.78 is 10.1. The van der Waals surface area contributed by atoms with Crippen LogP contribution >= 0.6 is 11.8 Å². The second kappa shape index (κ2) is 22.9. The molecule has 6 amide bonds. The van der Waals surface area contributed by atoms with Crippen LogP contribution in [0.3, 0.4) is 0 Å². The molecule has 1 fully saturated rings. The molecule has 1 unspecified atom stereocenters. The minimum atomic E-state index is -1.07. The van der Waals surface area contributed by atoms with Gasteiger partial charge in [-0.25, -0.2) is 4.79 Å². The Bertz CT molecular complexity index is 1860. The van der Waals surface area contributed by atoms with Gasteiger partial charge in [0.25, 0.3) is 0 Å². The summed E-state index contributed by atoms with van der Waals surface area (Å²) in [7, 11) is 0. The Morgan fingerprint density at radius 1 is 0.877 bits per heavy atom. The summed E-state index contributed by atoms with van der Waals surface area (Å²) in [6.07, 6.45) is 0.406. The highest BCUT2D eigenvalue weighted by Crippen LogP contribution is 2.51. The number of anilines is 1. The molecule has 0 saturated carbocycles. The molecular weight excluding hydrogens is 851 g/mol. The predicted molar refractivity (Wildman–Crippen MR) is 257 cm³/mol. The van der Waals surface area contributed by atoms with Crippen LogP contribution in [0, 0.1) is 12.8 Å². The second-order valence-electron chi connectivity index (χ2n) is 21.7. The molecule has 0 spiro atoms. The monoisotopic (exact) mass is 932 g/mol. The van der Waals surface area contributed by atoms with E-state index in [0.717, 1.165) is 5.56 Å². The number of rotatable bonds is 20. The molecule has 1 saturated heterocycles. The Balaban J connectivity index is 2.57. The topological polar surface area (TPSA) is 233 Å². The van der Waals surface area contributed by atoms with Gasteiger partial charge in [-0.2, -0.15) is 0 Å². The van der Waals surface area contributed by atoms with Crippen molar-refractivity contribution in [3.05, 3.63) is 29.3 Å². The zero-order chi connectivity index (χ0) is 50.0. The maximum atomic E-state index is 14.9. The van der Waals surface area contributed by atoms with Gasteiger partial charge < -0.3 is 46.7 Å². The van der Waals surface area contributed by atoms with Gasteiger partial charge >= 0.3 is 12.1 Å². The Morgan fingerprint density at radius 2 is 1.48 bits per heavy atom. The molecule has 17 heteroatoms. The molecular formula is C48H81N7O9S. The van der Waals surface area contributed by atoms with E-state index in [9.17, 15) is 33.6 Å². The van der Waals surface area contributed by atoms with Crippen molar-refractivity contribution in [3.63, 3.8) is 0 Å². The Labute approximate surface area is 392 Å². The zero-order valence-corrected chi connectivity index (χ0v) is 42.9. The van der Waals surface area contributed by atoms with E-state index in [1.165, 1.54) is 16.7 Å². The SMILES string of the molecule is Cc1ccc(C(C)(C)C)cc1N(C(=O)CNC(=O)C1N(C(=O)[C@H](N)CC(C)C)C(C)(C)SC1(C)C)[C@@H](CCC(=O)OC(C)(C)C)CC(=O)N[C@H](CCCCNC(=O)OC(C)(C)C)C(N)=O. The fraction of sp³-hybridized carbons (Fsp3) is 0.729. The fourth-order valence-corrected chi connectivity index (χ4v) is 9.83. The normalized spacial score (nSPS) is 17.4. The van der Waals surface area contributed by atoms with Crippen molar-refractivity contribution < 1.29 is 43.0 Å². The number of primary amides is 1. The quantitative estimate of drug-likeness (QED) is 0.0739. The van der Waals surface area contributed by atoms with Crippen molar-refractivity contribution in [2.24, 2.45) is 17.4 Å². The van der Waals surface area contributed by atoms with Crippen LogP contribution in [0.5, 0.6) is 0 Å². The van der Waals surface area contributed by atoms with Gasteiger partial charge in [0, 0.05) is 35.9 Å². The van der Waals surface area contributed by atoms with Gasteiger partial charge in [-0.15, -0.1) is 11.8 Å². The number of carbonyl (C=O) groups is 7. The van der Waals surface area contributed by atoms with Gasteiger partial charge in [0.1, 0.15) is 23.3 Å². The first-order chi connectivity index (χ1) is 29.6. The number of nitrogens with one attached hydrogen (secondary N) is 3. The van der Waals surface area contributed by atoms with E-state index in [-0.39, 0.29) is 49.5 Å². The number of alkyl carbamates (subject to hydrolysis) is 1. The summed E-state index contributed by atoms with van der Waals surface area (Å²) >= 11 is 1.47. The summed E-state index contributed by atoms with van der Waals surface area (Å²) in [6, 6.07) is 1.86. The predicted octanol–water partition coefficient (Wildman–Crippen LogP) is 6.12. The average Bonchev–Trinajstić information content (AvgIpc) is 3.32. The van der Waals surface area contributed by atoms with E-state index in [4.69, 9.17) is 20.9 Å². The molecule has 0 radical (unpaired) electrons. The lowest BCUT2D eigenvalue weighted by molar-refractivity contribution is -0.155. The molecule has 65 heavy (non-hydrogen) atoms. The molecule has 1 aromatic carbocycles. The minimum absolute atomic E-state index is 0.0186. The number of hydrogen-bond donors (Lipinski definition) is 5. The number of hydrogen-bond acceptors (Lipinski definition) is 11. The van der Waals surface area contributed by atoms with E-state index in [1.54, 1.807) is 46.4 Å². The van der Waals surface area contributed by atoms with Crippen LogP contribution in [-0.4, -0.2) is 105 Å². The summed E-state index contributed by atoms with van der Waals surface area (Å²) in [5.41, 5.74) is 12.4. The van der Waals surface area contributed by atoms with Crippen molar-refractivity contribution in [1.29, 1.82) is 0 Å². The van der Waals surface area contributed by atoms with Crippen molar-refractivity contribution >= 4 is 59.0 Å². The number of aryl methyl sites for hydroxylation is 1. The lowest BCUT2D eigenvalue weighted by Gasteiger charge is -2.37. The van der Waals surface area contributed by atoms with Crippen LogP contribution in [0.15, 0.2) is 18.2 Å². The van der Waals surface area contributed by atoms with Gasteiger partial charge in [-0.3, -0.25) is 28.8 Å². The van der Waals surface area contributed by atoms with Crippen LogP contribution in [0.1, 0.15) is 160 Å². The number of unbranched alkanes of at least 4 members (excludes halogenated alkanes) is 1. The fourth-order valence-electron chi connectivity index (χ4n) is 7.93. The summed E-state index contributed by atoms with van der Waals surface area (Å²) in [6.45, 7) is 29.6. The molecule has 2 rings (SSSR count).